The zero-order valence-corrected chi connectivity index (χ0v) is 17.6. The highest BCUT2D eigenvalue weighted by molar-refractivity contribution is 7.98. The molecular formula is C26H23NO2S. The lowest BCUT2D eigenvalue weighted by Crippen LogP contribution is -2.30. The maximum absolute atomic E-state index is 12.6. The van der Waals surface area contributed by atoms with Gasteiger partial charge in [-0.3, -0.25) is 4.79 Å². The van der Waals surface area contributed by atoms with Crippen LogP contribution in [0, 0.1) is 0 Å². The molecule has 4 rings (SSSR count). The monoisotopic (exact) mass is 413 g/mol. The minimum absolute atomic E-state index is 0.172. The Bertz CT molecular complexity index is 1120. The summed E-state index contributed by atoms with van der Waals surface area (Å²) in [5, 5.41) is 5.03. The first-order valence-corrected chi connectivity index (χ1v) is 10.9. The molecule has 1 amide bonds. The molecule has 4 aromatic rings. The fourth-order valence-corrected chi connectivity index (χ4v) is 4.03. The number of amides is 1. The maximum atomic E-state index is 12.6. The van der Waals surface area contributed by atoms with Crippen LogP contribution in [0.1, 0.15) is 12.5 Å². The maximum Gasteiger partial charge on any atom is 0.265 e. The van der Waals surface area contributed by atoms with Crippen molar-refractivity contribution < 1.29 is 9.53 Å². The van der Waals surface area contributed by atoms with Crippen LogP contribution in [0.4, 0.5) is 5.69 Å². The molecule has 0 bridgehead atoms. The Kier molecular flexibility index (Phi) is 6.35. The smallest absolute Gasteiger partial charge is 0.265 e. The number of carbonyl (C=O) groups excluding carboxylic acids is 1. The first-order valence-electron chi connectivity index (χ1n) is 9.91. The van der Waals surface area contributed by atoms with Crippen LogP contribution in [-0.2, 0) is 10.5 Å². The summed E-state index contributed by atoms with van der Waals surface area (Å²) in [5.41, 5.74) is 1.98. The van der Waals surface area contributed by atoms with E-state index < -0.39 is 6.10 Å². The second kappa shape index (κ2) is 9.51. The second-order valence-corrected chi connectivity index (χ2v) is 8.07. The van der Waals surface area contributed by atoms with E-state index >= 15 is 0 Å². The topological polar surface area (TPSA) is 38.3 Å². The first kappa shape index (κ1) is 20.0. The average Bonchev–Trinajstić information content (AvgIpc) is 2.79. The van der Waals surface area contributed by atoms with Crippen molar-refractivity contribution in [3.8, 4) is 5.75 Å². The largest absolute Gasteiger partial charge is 0.480 e. The number of carbonyl (C=O) groups is 1. The van der Waals surface area contributed by atoms with E-state index in [0.29, 0.717) is 5.75 Å². The number of fused-ring (bicyclic) bond motifs is 1. The summed E-state index contributed by atoms with van der Waals surface area (Å²) in [5.74, 6) is 1.43. The summed E-state index contributed by atoms with van der Waals surface area (Å²) < 4.78 is 5.96. The van der Waals surface area contributed by atoms with Gasteiger partial charge in [0.15, 0.2) is 6.10 Å². The third-order valence-corrected chi connectivity index (χ3v) is 5.88. The van der Waals surface area contributed by atoms with E-state index in [-0.39, 0.29) is 5.91 Å². The Labute approximate surface area is 181 Å². The summed E-state index contributed by atoms with van der Waals surface area (Å²) >= 11 is 1.79. The van der Waals surface area contributed by atoms with E-state index in [1.54, 1.807) is 18.7 Å². The van der Waals surface area contributed by atoms with Crippen LogP contribution in [0.3, 0.4) is 0 Å². The zero-order chi connectivity index (χ0) is 20.8. The lowest BCUT2D eigenvalue weighted by molar-refractivity contribution is -0.122. The Balaban J connectivity index is 1.35. The third kappa shape index (κ3) is 5.02. The molecule has 0 aliphatic carbocycles. The molecular weight excluding hydrogens is 390 g/mol. The zero-order valence-electron chi connectivity index (χ0n) is 16.7. The van der Waals surface area contributed by atoms with Gasteiger partial charge in [0.25, 0.3) is 5.91 Å². The summed E-state index contributed by atoms with van der Waals surface area (Å²) in [6.07, 6.45) is -0.607. The van der Waals surface area contributed by atoms with Gasteiger partial charge in [-0.15, -0.1) is 11.8 Å². The number of anilines is 1. The van der Waals surface area contributed by atoms with Gasteiger partial charge in [0.2, 0.25) is 0 Å². The van der Waals surface area contributed by atoms with E-state index in [2.05, 4.69) is 17.4 Å². The van der Waals surface area contributed by atoms with Crippen molar-refractivity contribution in [2.75, 3.05) is 5.32 Å². The summed E-state index contributed by atoms with van der Waals surface area (Å²) in [7, 11) is 0. The fourth-order valence-electron chi connectivity index (χ4n) is 3.15. The van der Waals surface area contributed by atoms with E-state index in [0.717, 1.165) is 22.2 Å². The molecule has 0 saturated heterocycles. The van der Waals surface area contributed by atoms with E-state index in [4.69, 9.17) is 4.74 Å². The van der Waals surface area contributed by atoms with Crippen LogP contribution < -0.4 is 10.1 Å². The Hall–Kier alpha value is -3.24. The van der Waals surface area contributed by atoms with Crippen LogP contribution in [0.5, 0.6) is 5.75 Å². The number of hydrogen-bond acceptors (Lipinski definition) is 3. The van der Waals surface area contributed by atoms with Crippen LogP contribution in [0.2, 0.25) is 0 Å². The molecule has 4 aromatic carbocycles. The molecule has 1 N–H and O–H groups in total. The van der Waals surface area contributed by atoms with Crippen LogP contribution in [-0.4, -0.2) is 12.0 Å². The number of benzene rings is 4. The van der Waals surface area contributed by atoms with Crippen molar-refractivity contribution in [2.24, 2.45) is 0 Å². The SMILES string of the molecule is C[C@H](Oc1cccc2ccccc12)C(=O)Nc1ccc(CSc2ccccc2)cc1. The molecule has 0 aliphatic rings. The average molecular weight is 414 g/mol. The van der Waals surface area contributed by atoms with Gasteiger partial charge in [-0.1, -0.05) is 66.7 Å². The molecule has 150 valence electrons. The molecule has 0 aromatic heterocycles. The molecule has 0 unspecified atom stereocenters. The predicted octanol–water partition coefficient (Wildman–Crippen LogP) is 6.54. The molecule has 3 nitrogen and oxygen atoms in total. The van der Waals surface area contributed by atoms with Crippen LogP contribution in [0.25, 0.3) is 10.8 Å². The second-order valence-electron chi connectivity index (χ2n) is 7.03. The third-order valence-electron chi connectivity index (χ3n) is 4.79. The summed E-state index contributed by atoms with van der Waals surface area (Å²) in [6, 6.07) is 32.1. The highest BCUT2D eigenvalue weighted by Gasteiger charge is 2.16. The van der Waals surface area contributed by atoms with E-state index in [9.17, 15) is 4.79 Å². The number of thioether (sulfide) groups is 1. The van der Waals surface area contributed by atoms with Crippen molar-refractivity contribution >= 4 is 34.1 Å². The van der Waals surface area contributed by atoms with Gasteiger partial charge in [-0.2, -0.15) is 0 Å². The van der Waals surface area contributed by atoms with Gasteiger partial charge >= 0.3 is 0 Å². The molecule has 0 heterocycles. The Morgan fingerprint density at radius 3 is 2.37 bits per heavy atom. The highest BCUT2D eigenvalue weighted by Crippen LogP contribution is 2.26. The minimum atomic E-state index is -0.607. The van der Waals surface area contributed by atoms with Crippen molar-refractivity contribution in [2.45, 2.75) is 23.7 Å². The lowest BCUT2D eigenvalue weighted by atomic mass is 10.1. The lowest BCUT2D eigenvalue weighted by Gasteiger charge is -2.16. The minimum Gasteiger partial charge on any atom is -0.480 e. The van der Waals surface area contributed by atoms with Crippen molar-refractivity contribution in [1.29, 1.82) is 0 Å². The molecule has 0 saturated carbocycles. The van der Waals surface area contributed by atoms with Gasteiger partial charge < -0.3 is 10.1 Å². The summed E-state index contributed by atoms with van der Waals surface area (Å²) in [4.78, 5) is 13.9. The number of hydrogen-bond donors (Lipinski definition) is 1. The van der Waals surface area contributed by atoms with Gasteiger partial charge in [-0.05, 0) is 48.2 Å². The first-order chi connectivity index (χ1) is 14.7. The normalized spacial score (nSPS) is 11.8. The Morgan fingerprint density at radius 2 is 1.57 bits per heavy atom. The van der Waals surface area contributed by atoms with Gasteiger partial charge in [-0.25, -0.2) is 0 Å². The predicted molar refractivity (Wildman–Crippen MR) is 125 cm³/mol. The summed E-state index contributed by atoms with van der Waals surface area (Å²) in [6.45, 7) is 1.77. The molecule has 0 fully saturated rings. The van der Waals surface area contributed by atoms with Crippen molar-refractivity contribution in [1.82, 2.24) is 0 Å². The van der Waals surface area contributed by atoms with Gasteiger partial charge in [0.05, 0.1) is 0 Å². The van der Waals surface area contributed by atoms with Crippen LogP contribution >= 0.6 is 11.8 Å². The molecule has 0 aliphatic heterocycles. The molecule has 0 spiro atoms. The van der Waals surface area contributed by atoms with Gasteiger partial charge in [0, 0.05) is 21.7 Å². The van der Waals surface area contributed by atoms with Gasteiger partial charge in [0.1, 0.15) is 5.75 Å². The number of rotatable bonds is 7. The molecule has 30 heavy (non-hydrogen) atoms. The van der Waals surface area contributed by atoms with Crippen LogP contribution in [0.15, 0.2) is 102 Å². The molecule has 4 heteroatoms. The molecule has 0 radical (unpaired) electrons. The fraction of sp³-hybridized carbons (Fsp3) is 0.115. The van der Waals surface area contributed by atoms with Crippen molar-refractivity contribution in [3.05, 3.63) is 103 Å². The van der Waals surface area contributed by atoms with E-state index in [1.807, 2.05) is 84.9 Å². The molecule has 1 atom stereocenters. The standard InChI is InChI=1S/C26H23NO2S/c1-19(29-25-13-7-9-21-8-5-6-12-24(21)25)26(28)27-22-16-14-20(15-17-22)18-30-23-10-3-2-4-11-23/h2-17,19H,18H2,1H3,(H,27,28)/t19-/m0/s1. The van der Waals surface area contributed by atoms with Crippen molar-refractivity contribution in [3.63, 3.8) is 0 Å². The number of nitrogens with one attached hydrogen (secondary N) is 1. The number of ether oxygens (including phenoxy) is 1. The Morgan fingerprint density at radius 1 is 0.867 bits per heavy atom. The van der Waals surface area contributed by atoms with E-state index in [1.165, 1.54) is 10.5 Å². The highest BCUT2D eigenvalue weighted by atomic mass is 32.2. The quantitative estimate of drug-likeness (QED) is 0.350.